The van der Waals surface area contributed by atoms with E-state index in [1.807, 2.05) is 36.4 Å². The first-order valence-electron chi connectivity index (χ1n) is 8.13. The van der Waals surface area contributed by atoms with Crippen molar-refractivity contribution in [3.8, 4) is 0 Å². The summed E-state index contributed by atoms with van der Waals surface area (Å²) in [5.74, 6) is 1.30. The molecule has 0 radical (unpaired) electrons. The van der Waals surface area contributed by atoms with Crippen LogP contribution in [0.2, 0.25) is 0 Å². The van der Waals surface area contributed by atoms with E-state index >= 15 is 0 Å². The molecule has 2 heterocycles. The Bertz CT molecular complexity index is 769. The number of thioether (sulfide) groups is 1. The molecule has 130 valence electrons. The van der Waals surface area contributed by atoms with Crippen LogP contribution in [-0.2, 0) is 5.54 Å². The Morgan fingerprint density at radius 2 is 1.80 bits per heavy atom. The smallest absolute Gasteiger partial charge is 0.257 e. The Morgan fingerprint density at radius 3 is 2.52 bits per heavy atom. The number of fused-ring (bicyclic) bond motifs is 1. The molecular weight excluding hydrogens is 354 g/mol. The van der Waals surface area contributed by atoms with Gasteiger partial charge in [-0.25, -0.2) is 4.99 Å². The van der Waals surface area contributed by atoms with E-state index in [-0.39, 0.29) is 23.9 Å². The highest BCUT2D eigenvalue weighted by atomic mass is 35.5. The van der Waals surface area contributed by atoms with E-state index in [4.69, 9.17) is 4.99 Å². The molecule has 2 atom stereocenters. The predicted octanol–water partition coefficient (Wildman–Crippen LogP) is 3.06. The molecule has 1 saturated heterocycles. The van der Waals surface area contributed by atoms with Crippen molar-refractivity contribution in [2.45, 2.75) is 5.54 Å². The summed E-state index contributed by atoms with van der Waals surface area (Å²) in [7, 11) is 0. The molecule has 2 aliphatic heterocycles. The lowest BCUT2D eigenvalue weighted by atomic mass is 9.82. The van der Waals surface area contributed by atoms with E-state index in [2.05, 4.69) is 34.9 Å². The lowest BCUT2D eigenvalue weighted by Gasteiger charge is -2.35. The predicted molar refractivity (Wildman–Crippen MR) is 106 cm³/mol. The van der Waals surface area contributed by atoms with Crippen molar-refractivity contribution in [3.63, 3.8) is 0 Å². The summed E-state index contributed by atoms with van der Waals surface area (Å²) in [5, 5.41) is 7.18. The van der Waals surface area contributed by atoms with E-state index in [9.17, 15) is 4.79 Å². The van der Waals surface area contributed by atoms with E-state index in [1.165, 1.54) is 5.56 Å². The zero-order chi connectivity index (χ0) is 16.4. The maximum atomic E-state index is 12.4. The molecule has 4 rings (SSSR count). The maximum Gasteiger partial charge on any atom is 0.257 e. The van der Waals surface area contributed by atoms with Crippen molar-refractivity contribution >= 4 is 35.2 Å². The molecule has 2 N–H and O–H groups in total. The van der Waals surface area contributed by atoms with Crippen LogP contribution < -0.4 is 10.6 Å². The van der Waals surface area contributed by atoms with Gasteiger partial charge < -0.3 is 10.6 Å². The van der Waals surface area contributed by atoms with Gasteiger partial charge in [-0.1, -0.05) is 60.3 Å². The first kappa shape index (κ1) is 18.0. The SMILES string of the molecule is Cl.O=C(NC1=NC2(c3ccccc3)CNC[C@H]2CS1)c1ccccc1. The molecule has 0 aliphatic carbocycles. The van der Waals surface area contributed by atoms with Crippen molar-refractivity contribution in [1.29, 1.82) is 0 Å². The molecule has 0 bridgehead atoms. The quantitative estimate of drug-likeness (QED) is 0.850. The van der Waals surface area contributed by atoms with Crippen molar-refractivity contribution in [3.05, 3.63) is 71.8 Å². The van der Waals surface area contributed by atoms with Gasteiger partial charge in [0.05, 0.1) is 0 Å². The minimum absolute atomic E-state index is 0. The van der Waals surface area contributed by atoms with Crippen LogP contribution in [0, 0.1) is 5.92 Å². The number of carbonyl (C=O) groups excluding carboxylic acids is 1. The number of rotatable bonds is 2. The summed E-state index contributed by atoms with van der Waals surface area (Å²) in [4.78, 5) is 17.4. The van der Waals surface area contributed by atoms with Crippen molar-refractivity contribution in [2.75, 3.05) is 18.8 Å². The molecule has 2 aliphatic rings. The summed E-state index contributed by atoms with van der Waals surface area (Å²) in [6, 6.07) is 19.7. The van der Waals surface area contributed by atoms with Gasteiger partial charge in [-0.3, -0.25) is 4.79 Å². The van der Waals surface area contributed by atoms with Gasteiger partial charge in [0.1, 0.15) is 5.54 Å². The van der Waals surface area contributed by atoms with E-state index in [1.54, 1.807) is 11.8 Å². The van der Waals surface area contributed by atoms with Crippen LogP contribution in [0.15, 0.2) is 65.7 Å². The topological polar surface area (TPSA) is 53.5 Å². The first-order valence-corrected chi connectivity index (χ1v) is 9.12. The molecule has 1 fully saturated rings. The molecule has 0 spiro atoms. The number of carbonyl (C=O) groups is 1. The lowest BCUT2D eigenvalue weighted by molar-refractivity contribution is 0.0977. The molecule has 6 heteroatoms. The van der Waals surface area contributed by atoms with E-state index in [0.717, 1.165) is 18.8 Å². The fourth-order valence-electron chi connectivity index (χ4n) is 3.42. The number of aliphatic imine (C=N–C) groups is 1. The fraction of sp³-hybridized carbons (Fsp3) is 0.263. The van der Waals surface area contributed by atoms with Crippen molar-refractivity contribution in [1.82, 2.24) is 10.6 Å². The van der Waals surface area contributed by atoms with Gasteiger partial charge in [-0.2, -0.15) is 0 Å². The number of hydrogen-bond acceptors (Lipinski definition) is 4. The Balaban J connectivity index is 0.00000182. The number of hydrogen-bond donors (Lipinski definition) is 2. The average Bonchev–Trinajstić information content (AvgIpc) is 3.07. The highest BCUT2D eigenvalue weighted by Crippen LogP contribution is 2.42. The summed E-state index contributed by atoms with van der Waals surface area (Å²) in [6.07, 6.45) is 0. The monoisotopic (exact) mass is 373 g/mol. The van der Waals surface area contributed by atoms with Crippen LogP contribution in [0.25, 0.3) is 0 Å². The first-order chi connectivity index (χ1) is 11.8. The Hall–Kier alpha value is -1.82. The van der Waals surface area contributed by atoms with Gasteiger partial charge in [0.25, 0.3) is 5.91 Å². The van der Waals surface area contributed by atoms with Gasteiger partial charge in [0, 0.05) is 30.3 Å². The molecule has 0 saturated carbocycles. The van der Waals surface area contributed by atoms with Gasteiger partial charge >= 0.3 is 0 Å². The molecular formula is C19H20ClN3OS. The van der Waals surface area contributed by atoms with Crippen LogP contribution in [0.5, 0.6) is 0 Å². The Labute approximate surface area is 157 Å². The third-order valence-electron chi connectivity index (χ3n) is 4.71. The third-order valence-corrected chi connectivity index (χ3v) is 5.75. The maximum absolute atomic E-state index is 12.4. The number of nitrogens with zero attached hydrogens (tertiary/aromatic N) is 1. The summed E-state index contributed by atoms with van der Waals surface area (Å²) in [5.41, 5.74) is 1.60. The second-order valence-corrected chi connectivity index (χ2v) is 7.17. The molecule has 1 unspecified atom stereocenters. The van der Waals surface area contributed by atoms with E-state index < -0.39 is 0 Å². The van der Waals surface area contributed by atoms with Crippen LogP contribution in [0.3, 0.4) is 0 Å². The number of halogens is 1. The molecule has 1 amide bonds. The van der Waals surface area contributed by atoms with Gasteiger partial charge in [0.15, 0.2) is 5.17 Å². The fourth-order valence-corrected chi connectivity index (χ4v) is 4.57. The number of nitrogens with one attached hydrogen (secondary N) is 2. The minimum atomic E-state index is -0.272. The lowest BCUT2D eigenvalue weighted by Crippen LogP contribution is -2.42. The second-order valence-electron chi connectivity index (χ2n) is 6.17. The summed E-state index contributed by atoms with van der Waals surface area (Å²) >= 11 is 1.63. The standard InChI is InChI=1S/C19H19N3OS.ClH/c23-17(14-7-3-1-4-8-14)21-18-22-19(15-9-5-2-6-10-15)13-20-11-16(19)12-24-18;/h1-10,16,20H,11-13H2,(H,21,22,23);1H/t16-,19?;/m0./s1. The average molecular weight is 374 g/mol. The highest BCUT2D eigenvalue weighted by Gasteiger charge is 2.47. The van der Waals surface area contributed by atoms with Gasteiger partial charge in [-0.05, 0) is 17.7 Å². The number of amides is 1. The zero-order valence-electron chi connectivity index (χ0n) is 13.6. The van der Waals surface area contributed by atoms with E-state index in [0.29, 0.717) is 16.6 Å². The molecule has 25 heavy (non-hydrogen) atoms. The molecule has 4 nitrogen and oxygen atoms in total. The third kappa shape index (κ3) is 3.45. The van der Waals surface area contributed by atoms with Gasteiger partial charge in [-0.15, -0.1) is 12.4 Å². The van der Waals surface area contributed by atoms with Gasteiger partial charge in [0.2, 0.25) is 0 Å². The molecule has 2 aromatic rings. The highest BCUT2D eigenvalue weighted by molar-refractivity contribution is 8.13. The van der Waals surface area contributed by atoms with Crippen molar-refractivity contribution < 1.29 is 4.79 Å². The molecule has 0 aromatic heterocycles. The van der Waals surface area contributed by atoms with Crippen LogP contribution in [0.4, 0.5) is 0 Å². The van der Waals surface area contributed by atoms with Crippen LogP contribution in [0.1, 0.15) is 15.9 Å². The Kier molecular flexibility index (Phi) is 5.47. The van der Waals surface area contributed by atoms with Crippen LogP contribution >= 0.6 is 24.2 Å². The van der Waals surface area contributed by atoms with Crippen molar-refractivity contribution in [2.24, 2.45) is 10.9 Å². The summed E-state index contributed by atoms with van der Waals surface area (Å²) in [6.45, 7) is 1.78. The second kappa shape index (κ2) is 7.60. The Morgan fingerprint density at radius 1 is 1.12 bits per heavy atom. The number of benzene rings is 2. The minimum Gasteiger partial charge on any atom is -0.314 e. The number of amidine groups is 1. The summed E-state index contributed by atoms with van der Waals surface area (Å²) < 4.78 is 0. The largest absolute Gasteiger partial charge is 0.314 e. The molecule has 2 aromatic carbocycles. The zero-order valence-corrected chi connectivity index (χ0v) is 15.3. The van der Waals surface area contributed by atoms with Crippen LogP contribution in [-0.4, -0.2) is 29.9 Å². The normalized spacial score (nSPS) is 24.6.